The van der Waals surface area contributed by atoms with Gasteiger partial charge in [0.05, 0.1) is 19.6 Å². The van der Waals surface area contributed by atoms with Gasteiger partial charge in [0.15, 0.2) is 0 Å². The van der Waals surface area contributed by atoms with Crippen molar-refractivity contribution in [3.8, 4) is 0 Å². The van der Waals surface area contributed by atoms with Crippen LogP contribution < -0.4 is 5.32 Å². The first-order valence-corrected chi connectivity index (χ1v) is 10.0. The summed E-state index contributed by atoms with van der Waals surface area (Å²) in [4.78, 5) is 11.9. The van der Waals surface area contributed by atoms with Gasteiger partial charge in [0.25, 0.3) is 0 Å². The van der Waals surface area contributed by atoms with Gasteiger partial charge in [0.1, 0.15) is 10.7 Å². The number of carbonyl (C=O) groups is 1. The summed E-state index contributed by atoms with van der Waals surface area (Å²) in [5.74, 6) is -1.15. The van der Waals surface area contributed by atoms with Crippen molar-refractivity contribution in [1.29, 1.82) is 0 Å². The van der Waals surface area contributed by atoms with Crippen LogP contribution in [0.2, 0.25) is 0 Å². The van der Waals surface area contributed by atoms with Gasteiger partial charge in [0.2, 0.25) is 15.9 Å². The van der Waals surface area contributed by atoms with E-state index in [2.05, 4.69) is 5.32 Å². The molecule has 0 saturated carbocycles. The van der Waals surface area contributed by atoms with Crippen LogP contribution in [0, 0.1) is 12.7 Å². The van der Waals surface area contributed by atoms with Crippen molar-refractivity contribution >= 4 is 21.6 Å². The Labute approximate surface area is 158 Å². The number of hydrogen-bond acceptors (Lipinski definition) is 4. The first-order valence-electron chi connectivity index (χ1n) is 8.60. The van der Waals surface area contributed by atoms with Crippen LogP contribution in [0.15, 0.2) is 47.4 Å². The summed E-state index contributed by atoms with van der Waals surface area (Å²) < 4.78 is 45.9. The number of ether oxygens (including phenoxy) is 1. The number of rotatable bonds is 5. The van der Waals surface area contributed by atoms with Crippen LogP contribution in [-0.4, -0.2) is 44.9 Å². The molecule has 0 atom stereocenters. The number of carbonyl (C=O) groups excluding carboxylic acids is 1. The van der Waals surface area contributed by atoms with E-state index in [1.54, 1.807) is 0 Å². The fourth-order valence-corrected chi connectivity index (χ4v) is 4.39. The van der Waals surface area contributed by atoms with E-state index in [0.717, 1.165) is 23.3 Å². The Morgan fingerprint density at radius 2 is 1.89 bits per heavy atom. The van der Waals surface area contributed by atoms with E-state index in [4.69, 9.17) is 4.74 Å². The highest BCUT2D eigenvalue weighted by molar-refractivity contribution is 7.89. The van der Waals surface area contributed by atoms with E-state index in [1.807, 2.05) is 31.2 Å². The molecule has 1 N–H and O–H groups in total. The van der Waals surface area contributed by atoms with Crippen LogP contribution in [0.3, 0.4) is 0 Å². The molecule has 2 aromatic carbocycles. The minimum Gasteiger partial charge on any atom is -0.379 e. The lowest BCUT2D eigenvalue weighted by Crippen LogP contribution is -2.40. The number of benzene rings is 2. The molecule has 0 unspecified atom stereocenters. The van der Waals surface area contributed by atoms with Gasteiger partial charge in [-0.3, -0.25) is 4.79 Å². The molecule has 1 fully saturated rings. The van der Waals surface area contributed by atoms with Crippen molar-refractivity contribution in [3.05, 3.63) is 59.4 Å². The summed E-state index contributed by atoms with van der Waals surface area (Å²) in [6.45, 7) is 2.80. The summed E-state index contributed by atoms with van der Waals surface area (Å²) >= 11 is 0. The fraction of sp³-hybridized carbons (Fsp3) is 0.316. The molecule has 1 amide bonds. The Bertz CT molecular complexity index is 940. The van der Waals surface area contributed by atoms with Crippen LogP contribution in [0.25, 0.3) is 0 Å². The third kappa shape index (κ3) is 4.52. The summed E-state index contributed by atoms with van der Waals surface area (Å²) in [6, 6.07) is 11.1. The van der Waals surface area contributed by atoms with Crippen molar-refractivity contribution in [1.82, 2.24) is 4.31 Å². The second-order valence-corrected chi connectivity index (χ2v) is 8.22. The summed E-state index contributed by atoms with van der Waals surface area (Å²) in [6.07, 6.45) is 0.148. The molecule has 0 spiro atoms. The predicted octanol–water partition coefficient (Wildman–Crippen LogP) is 2.34. The summed E-state index contributed by atoms with van der Waals surface area (Å²) in [5.41, 5.74) is 2.10. The Morgan fingerprint density at radius 3 is 2.59 bits per heavy atom. The number of halogens is 1. The van der Waals surface area contributed by atoms with E-state index in [9.17, 15) is 17.6 Å². The van der Waals surface area contributed by atoms with Crippen LogP contribution in [0.4, 0.5) is 10.1 Å². The molecule has 1 aliphatic heterocycles. The highest BCUT2D eigenvalue weighted by Crippen LogP contribution is 2.24. The highest BCUT2D eigenvalue weighted by atomic mass is 32.2. The quantitative estimate of drug-likeness (QED) is 0.848. The average Bonchev–Trinajstić information content (AvgIpc) is 2.66. The number of aryl methyl sites for hydroxylation is 1. The molecule has 144 valence electrons. The molecular weight excluding hydrogens is 371 g/mol. The van der Waals surface area contributed by atoms with Crippen molar-refractivity contribution in [2.75, 3.05) is 31.6 Å². The van der Waals surface area contributed by atoms with Gasteiger partial charge in [-0.1, -0.05) is 24.3 Å². The maximum atomic E-state index is 14.2. The molecule has 2 aromatic rings. The Morgan fingerprint density at radius 1 is 1.19 bits per heavy atom. The number of anilines is 1. The molecule has 0 bridgehead atoms. The molecule has 8 heteroatoms. The number of hydrogen-bond donors (Lipinski definition) is 1. The molecular formula is C19H21FN2O4S. The summed E-state index contributed by atoms with van der Waals surface area (Å²) in [7, 11) is -3.99. The molecule has 3 rings (SSSR count). The van der Waals surface area contributed by atoms with Crippen molar-refractivity contribution < 1.29 is 22.3 Å². The predicted molar refractivity (Wildman–Crippen MR) is 99.5 cm³/mol. The van der Waals surface area contributed by atoms with Gasteiger partial charge in [-0.05, 0) is 36.2 Å². The van der Waals surface area contributed by atoms with Gasteiger partial charge in [-0.2, -0.15) is 4.31 Å². The molecule has 0 aromatic heterocycles. The SMILES string of the molecule is Cc1ccccc1CC(=O)Nc1ccc(F)c(S(=O)(=O)N2CCOCC2)c1. The summed E-state index contributed by atoms with van der Waals surface area (Å²) in [5, 5.41) is 2.65. The van der Waals surface area contributed by atoms with Gasteiger partial charge in [-0.25, -0.2) is 12.8 Å². The average molecular weight is 392 g/mol. The van der Waals surface area contributed by atoms with E-state index in [1.165, 1.54) is 10.4 Å². The number of morpholine rings is 1. The minimum atomic E-state index is -3.99. The van der Waals surface area contributed by atoms with E-state index in [0.29, 0.717) is 0 Å². The third-order valence-corrected chi connectivity index (χ3v) is 6.33. The molecule has 27 heavy (non-hydrogen) atoms. The number of nitrogens with zero attached hydrogens (tertiary/aromatic N) is 1. The van der Waals surface area contributed by atoms with Crippen molar-refractivity contribution in [2.45, 2.75) is 18.2 Å². The molecule has 1 aliphatic rings. The van der Waals surface area contributed by atoms with Crippen LogP contribution in [0.1, 0.15) is 11.1 Å². The van der Waals surface area contributed by atoms with E-state index in [-0.39, 0.29) is 44.3 Å². The lowest BCUT2D eigenvalue weighted by atomic mass is 10.1. The fourth-order valence-electron chi connectivity index (χ4n) is 2.89. The maximum absolute atomic E-state index is 14.2. The zero-order chi connectivity index (χ0) is 19.4. The largest absolute Gasteiger partial charge is 0.379 e. The van der Waals surface area contributed by atoms with Gasteiger partial charge < -0.3 is 10.1 Å². The molecule has 1 saturated heterocycles. The van der Waals surface area contributed by atoms with Crippen molar-refractivity contribution in [2.24, 2.45) is 0 Å². The minimum absolute atomic E-state index is 0.148. The van der Waals surface area contributed by atoms with Gasteiger partial charge in [0, 0.05) is 18.8 Å². The van der Waals surface area contributed by atoms with Crippen LogP contribution >= 0.6 is 0 Å². The first-order chi connectivity index (χ1) is 12.9. The van der Waals surface area contributed by atoms with Crippen LogP contribution in [-0.2, 0) is 26.0 Å². The van der Waals surface area contributed by atoms with Crippen LogP contribution in [0.5, 0.6) is 0 Å². The lowest BCUT2D eigenvalue weighted by molar-refractivity contribution is -0.115. The smallest absolute Gasteiger partial charge is 0.246 e. The Kier molecular flexibility index (Phi) is 5.88. The third-order valence-electron chi connectivity index (χ3n) is 4.42. The molecule has 1 heterocycles. The van der Waals surface area contributed by atoms with E-state index >= 15 is 0 Å². The number of amides is 1. The molecule has 6 nitrogen and oxygen atoms in total. The Hall–Kier alpha value is -2.29. The molecule has 0 aliphatic carbocycles. The second-order valence-electron chi connectivity index (χ2n) is 6.31. The maximum Gasteiger partial charge on any atom is 0.246 e. The number of sulfonamides is 1. The van der Waals surface area contributed by atoms with Gasteiger partial charge >= 0.3 is 0 Å². The highest BCUT2D eigenvalue weighted by Gasteiger charge is 2.29. The first kappa shape index (κ1) is 19.5. The molecule has 0 radical (unpaired) electrons. The number of nitrogens with one attached hydrogen (secondary N) is 1. The normalized spacial score (nSPS) is 15.5. The zero-order valence-electron chi connectivity index (χ0n) is 14.9. The van der Waals surface area contributed by atoms with E-state index < -0.39 is 20.7 Å². The topological polar surface area (TPSA) is 75.7 Å². The Balaban J connectivity index is 1.79. The van der Waals surface area contributed by atoms with Gasteiger partial charge in [-0.15, -0.1) is 0 Å². The standard InChI is InChI=1S/C19H21FN2O4S/c1-14-4-2-3-5-15(14)12-19(23)21-16-6-7-17(20)18(13-16)27(24,25)22-8-10-26-11-9-22/h2-7,13H,8-12H2,1H3,(H,21,23). The lowest BCUT2D eigenvalue weighted by Gasteiger charge is -2.26. The zero-order valence-corrected chi connectivity index (χ0v) is 15.8. The monoisotopic (exact) mass is 392 g/mol. The van der Waals surface area contributed by atoms with Crippen molar-refractivity contribution in [3.63, 3.8) is 0 Å². The second kappa shape index (κ2) is 8.16.